The number of benzene rings is 1. The fourth-order valence-electron chi connectivity index (χ4n) is 2.18. The van der Waals surface area contributed by atoms with E-state index in [1.54, 1.807) is 11.8 Å². The molecular weight excluding hydrogens is 244 g/mol. The molecule has 0 bridgehead atoms. The normalized spacial score (nSPS) is 16.9. The van der Waals surface area contributed by atoms with Gasteiger partial charge in [-0.3, -0.25) is 4.79 Å². The molecule has 0 radical (unpaired) electrons. The highest BCUT2D eigenvalue weighted by atomic mass is 32.2. The van der Waals surface area contributed by atoms with E-state index in [1.165, 1.54) is 4.90 Å². The Hall–Kier alpha value is -1.00. The van der Waals surface area contributed by atoms with Crippen molar-refractivity contribution in [3.8, 4) is 0 Å². The SMILES string of the molecule is CCN1CCN(C(=O)c2ccc(SC)cc2)CC1. The molecule has 0 saturated carbocycles. The molecule has 0 unspecified atom stereocenters. The summed E-state index contributed by atoms with van der Waals surface area (Å²) >= 11 is 1.70. The van der Waals surface area contributed by atoms with Crippen LogP contribution in [0.4, 0.5) is 0 Å². The van der Waals surface area contributed by atoms with Crippen molar-refractivity contribution in [1.29, 1.82) is 0 Å². The standard InChI is InChI=1S/C14H20N2OS/c1-3-15-8-10-16(11-9-15)14(17)12-4-6-13(18-2)7-5-12/h4-7H,3,8-11H2,1-2H3. The average Bonchev–Trinajstić information content (AvgIpc) is 2.47. The van der Waals surface area contributed by atoms with E-state index in [0.717, 1.165) is 38.3 Å². The van der Waals surface area contributed by atoms with Crippen LogP contribution in [0.5, 0.6) is 0 Å². The second-order valence-electron chi connectivity index (χ2n) is 4.45. The van der Waals surface area contributed by atoms with Crippen LogP contribution in [0.1, 0.15) is 17.3 Å². The molecule has 18 heavy (non-hydrogen) atoms. The lowest BCUT2D eigenvalue weighted by atomic mass is 10.2. The van der Waals surface area contributed by atoms with Gasteiger partial charge in [-0.05, 0) is 37.1 Å². The zero-order valence-corrected chi connectivity index (χ0v) is 11.9. The molecule has 0 aromatic heterocycles. The van der Waals surface area contributed by atoms with Crippen LogP contribution in [-0.2, 0) is 0 Å². The minimum atomic E-state index is 0.165. The van der Waals surface area contributed by atoms with Crippen LogP contribution in [0.25, 0.3) is 0 Å². The minimum Gasteiger partial charge on any atom is -0.336 e. The molecule has 0 spiro atoms. The second-order valence-corrected chi connectivity index (χ2v) is 5.33. The number of carbonyl (C=O) groups excluding carboxylic acids is 1. The first-order chi connectivity index (χ1) is 8.74. The van der Waals surface area contributed by atoms with Gasteiger partial charge in [0.2, 0.25) is 0 Å². The first-order valence-corrected chi connectivity index (χ1v) is 7.62. The summed E-state index contributed by atoms with van der Waals surface area (Å²) in [5, 5.41) is 0. The quantitative estimate of drug-likeness (QED) is 0.782. The molecule has 1 heterocycles. The Labute approximate surface area is 113 Å². The Morgan fingerprint density at radius 2 is 1.78 bits per heavy atom. The molecule has 3 nitrogen and oxygen atoms in total. The molecular formula is C14H20N2OS. The van der Waals surface area contributed by atoms with Gasteiger partial charge in [0.15, 0.2) is 0 Å². The number of thioether (sulfide) groups is 1. The highest BCUT2D eigenvalue weighted by Crippen LogP contribution is 2.16. The summed E-state index contributed by atoms with van der Waals surface area (Å²) in [5.74, 6) is 0.165. The summed E-state index contributed by atoms with van der Waals surface area (Å²) in [4.78, 5) is 17.8. The van der Waals surface area contributed by atoms with Crippen molar-refractivity contribution in [3.05, 3.63) is 29.8 Å². The fourth-order valence-corrected chi connectivity index (χ4v) is 2.59. The first kappa shape index (κ1) is 13.4. The van der Waals surface area contributed by atoms with E-state index in [1.807, 2.05) is 35.4 Å². The number of carbonyl (C=O) groups is 1. The number of hydrogen-bond donors (Lipinski definition) is 0. The van der Waals surface area contributed by atoms with E-state index < -0.39 is 0 Å². The number of hydrogen-bond acceptors (Lipinski definition) is 3. The second kappa shape index (κ2) is 6.25. The molecule has 1 amide bonds. The number of nitrogens with zero attached hydrogens (tertiary/aromatic N) is 2. The lowest BCUT2D eigenvalue weighted by Gasteiger charge is -2.34. The molecule has 1 aliphatic rings. The van der Waals surface area contributed by atoms with Gasteiger partial charge in [-0.2, -0.15) is 0 Å². The van der Waals surface area contributed by atoms with E-state index in [9.17, 15) is 4.79 Å². The van der Waals surface area contributed by atoms with Crippen molar-refractivity contribution >= 4 is 17.7 Å². The number of piperazine rings is 1. The first-order valence-electron chi connectivity index (χ1n) is 6.40. The summed E-state index contributed by atoms with van der Waals surface area (Å²) < 4.78 is 0. The summed E-state index contributed by atoms with van der Waals surface area (Å²) in [7, 11) is 0. The Balaban J connectivity index is 1.98. The lowest BCUT2D eigenvalue weighted by Crippen LogP contribution is -2.48. The predicted molar refractivity (Wildman–Crippen MR) is 76.2 cm³/mol. The van der Waals surface area contributed by atoms with E-state index in [2.05, 4.69) is 11.8 Å². The van der Waals surface area contributed by atoms with E-state index in [0.29, 0.717) is 0 Å². The molecule has 1 aliphatic heterocycles. The van der Waals surface area contributed by atoms with Crippen LogP contribution in [0, 0.1) is 0 Å². The zero-order valence-electron chi connectivity index (χ0n) is 11.1. The Kier molecular flexibility index (Phi) is 4.66. The van der Waals surface area contributed by atoms with Crippen LogP contribution < -0.4 is 0 Å². The largest absolute Gasteiger partial charge is 0.336 e. The van der Waals surface area contributed by atoms with E-state index in [4.69, 9.17) is 0 Å². The van der Waals surface area contributed by atoms with E-state index in [-0.39, 0.29) is 5.91 Å². The third kappa shape index (κ3) is 3.06. The molecule has 0 atom stereocenters. The van der Waals surface area contributed by atoms with Gasteiger partial charge < -0.3 is 9.80 Å². The highest BCUT2D eigenvalue weighted by Gasteiger charge is 2.20. The van der Waals surface area contributed by atoms with Crippen LogP contribution in [-0.4, -0.2) is 54.7 Å². The van der Waals surface area contributed by atoms with Gasteiger partial charge >= 0.3 is 0 Å². The predicted octanol–water partition coefficient (Wildman–Crippen LogP) is 2.19. The van der Waals surface area contributed by atoms with Crippen molar-refractivity contribution in [2.75, 3.05) is 39.0 Å². The van der Waals surface area contributed by atoms with Crippen LogP contribution >= 0.6 is 11.8 Å². The van der Waals surface area contributed by atoms with Gasteiger partial charge in [0.25, 0.3) is 5.91 Å². The number of rotatable bonds is 3. The van der Waals surface area contributed by atoms with Crippen molar-refractivity contribution in [3.63, 3.8) is 0 Å². The van der Waals surface area contributed by atoms with Crippen molar-refractivity contribution in [2.24, 2.45) is 0 Å². The maximum absolute atomic E-state index is 12.3. The Morgan fingerprint density at radius 1 is 1.17 bits per heavy atom. The maximum Gasteiger partial charge on any atom is 0.253 e. The monoisotopic (exact) mass is 264 g/mol. The minimum absolute atomic E-state index is 0.165. The summed E-state index contributed by atoms with van der Waals surface area (Å²) in [5.41, 5.74) is 0.803. The molecule has 1 fully saturated rings. The molecule has 0 aliphatic carbocycles. The third-order valence-electron chi connectivity index (χ3n) is 3.44. The number of likely N-dealkylation sites (N-methyl/N-ethyl adjacent to an activating group) is 1. The van der Waals surface area contributed by atoms with Gasteiger partial charge in [0.1, 0.15) is 0 Å². The molecule has 2 rings (SSSR count). The lowest BCUT2D eigenvalue weighted by molar-refractivity contribution is 0.0643. The zero-order chi connectivity index (χ0) is 13.0. The van der Waals surface area contributed by atoms with Crippen LogP contribution in [0.3, 0.4) is 0 Å². The molecule has 0 N–H and O–H groups in total. The molecule has 1 aromatic carbocycles. The maximum atomic E-state index is 12.3. The van der Waals surface area contributed by atoms with E-state index >= 15 is 0 Å². The fraction of sp³-hybridized carbons (Fsp3) is 0.500. The Morgan fingerprint density at radius 3 is 2.28 bits per heavy atom. The smallest absolute Gasteiger partial charge is 0.253 e. The van der Waals surface area contributed by atoms with Crippen LogP contribution in [0.15, 0.2) is 29.2 Å². The van der Waals surface area contributed by atoms with Crippen molar-refractivity contribution < 1.29 is 4.79 Å². The van der Waals surface area contributed by atoms with Crippen molar-refractivity contribution in [2.45, 2.75) is 11.8 Å². The summed E-state index contributed by atoms with van der Waals surface area (Å²) in [6.07, 6.45) is 2.04. The topological polar surface area (TPSA) is 23.6 Å². The van der Waals surface area contributed by atoms with Gasteiger partial charge in [-0.1, -0.05) is 6.92 Å². The molecule has 1 aromatic rings. The number of amides is 1. The molecule has 1 saturated heterocycles. The average molecular weight is 264 g/mol. The van der Waals surface area contributed by atoms with Gasteiger partial charge in [-0.25, -0.2) is 0 Å². The molecule has 98 valence electrons. The van der Waals surface area contributed by atoms with Gasteiger partial charge in [0, 0.05) is 36.6 Å². The van der Waals surface area contributed by atoms with Crippen molar-refractivity contribution in [1.82, 2.24) is 9.80 Å². The van der Waals surface area contributed by atoms with Gasteiger partial charge in [0.05, 0.1) is 0 Å². The third-order valence-corrected chi connectivity index (χ3v) is 4.19. The highest BCUT2D eigenvalue weighted by molar-refractivity contribution is 7.98. The van der Waals surface area contributed by atoms with Gasteiger partial charge in [-0.15, -0.1) is 11.8 Å². The summed E-state index contributed by atoms with van der Waals surface area (Å²) in [6, 6.07) is 7.89. The molecule has 4 heteroatoms. The Bertz CT molecular complexity index is 397. The van der Waals surface area contributed by atoms with Crippen LogP contribution in [0.2, 0.25) is 0 Å². The summed E-state index contributed by atoms with van der Waals surface area (Å²) in [6.45, 7) is 6.91.